The highest BCUT2D eigenvalue weighted by atomic mass is 31.2. The van der Waals surface area contributed by atoms with Gasteiger partial charge in [-0.25, -0.2) is 4.68 Å². The standard InChI is InChI=1S/C43H35N2OP/c1-42(2)35-21-13-11-19-32(35)37-38-33-20-12-14-22-36(33)43(3,4)40(38)41-34(39(37)42)27-44-45(41)28-23-25-31(26-24-28)47(46,29-15-7-5-8-16-29)30-17-9-6-10-18-30/h5-27H,1-4H3. The Morgan fingerprint density at radius 1 is 0.532 bits per heavy atom. The van der Waals surface area contributed by atoms with Crippen LogP contribution in [0, 0.1) is 0 Å². The van der Waals surface area contributed by atoms with Crippen molar-refractivity contribution in [3.05, 3.63) is 162 Å². The Hall–Kier alpha value is -4.98. The average Bonchev–Trinajstić information content (AvgIpc) is 3.72. The van der Waals surface area contributed by atoms with Crippen molar-refractivity contribution in [2.75, 3.05) is 0 Å². The van der Waals surface area contributed by atoms with Crippen LogP contribution < -0.4 is 15.9 Å². The number of nitrogens with zero attached hydrogens (tertiary/aromatic N) is 2. The van der Waals surface area contributed by atoms with Crippen LogP contribution in [0.15, 0.2) is 140 Å². The highest BCUT2D eigenvalue weighted by Crippen LogP contribution is 2.62. The second kappa shape index (κ2) is 9.77. The van der Waals surface area contributed by atoms with Crippen LogP contribution in [0.4, 0.5) is 0 Å². The number of fused-ring (bicyclic) bond motifs is 10. The fourth-order valence-corrected chi connectivity index (χ4v) is 11.2. The summed E-state index contributed by atoms with van der Waals surface area (Å²) in [5.74, 6) is 0. The normalized spacial score (nSPS) is 15.2. The third-order valence-corrected chi connectivity index (χ3v) is 13.8. The maximum Gasteiger partial charge on any atom is 0.171 e. The molecule has 2 aliphatic carbocycles. The summed E-state index contributed by atoms with van der Waals surface area (Å²) in [6.07, 6.45) is 2.08. The first-order valence-electron chi connectivity index (χ1n) is 16.3. The van der Waals surface area contributed by atoms with Gasteiger partial charge in [0.1, 0.15) is 0 Å². The van der Waals surface area contributed by atoms with Crippen molar-refractivity contribution in [1.82, 2.24) is 9.78 Å². The smallest absolute Gasteiger partial charge is 0.171 e. The molecule has 0 N–H and O–H groups in total. The van der Waals surface area contributed by atoms with Gasteiger partial charge in [0.15, 0.2) is 7.14 Å². The predicted molar refractivity (Wildman–Crippen MR) is 196 cm³/mol. The van der Waals surface area contributed by atoms with E-state index in [0.717, 1.165) is 27.1 Å². The van der Waals surface area contributed by atoms with Gasteiger partial charge in [0.25, 0.3) is 0 Å². The zero-order chi connectivity index (χ0) is 32.1. The maximum absolute atomic E-state index is 15.1. The summed E-state index contributed by atoms with van der Waals surface area (Å²) < 4.78 is 17.2. The van der Waals surface area contributed by atoms with Crippen molar-refractivity contribution < 1.29 is 4.57 Å². The lowest BCUT2D eigenvalue weighted by Crippen LogP contribution is -2.25. The lowest BCUT2D eigenvalue weighted by atomic mass is 9.77. The van der Waals surface area contributed by atoms with Gasteiger partial charge < -0.3 is 4.57 Å². The SMILES string of the molecule is CC1(C)c2ccccc2-c2c3c(c4c(cnn4-c4ccc(P(=O)(c5ccccc5)c5ccccc5)cc4)c21)C(C)(C)c1ccccc1-3. The molecule has 0 atom stereocenters. The third kappa shape index (κ3) is 3.69. The lowest BCUT2D eigenvalue weighted by molar-refractivity contribution is 0.592. The van der Waals surface area contributed by atoms with Crippen molar-refractivity contribution >= 4 is 34.0 Å². The van der Waals surface area contributed by atoms with E-state index < -0.39 is 7.14 Å². The van der Waals surface area contributed by atoms with Crippen LogP contribution in [0.1, 0.15) is 49.9 Å². The van der Waals surface area contributed by atoms with E-state index in [-0.39, 0.29) is 10.8 Å². The van der Waals surface area contributed by atoms with Crippen molar-refractivity contribution in [2.45, 2.75) is 38.5 Å². The molecule has 4 heteroatoms. The van der Waals surface area contributed by atoms with Crippen molar-refractivity contribution in [3.8, 4) is 27.9 Å². The third-order valence-electron chi connectivity index (χ3n) is 10.7. The molecule has 0 amide bonds. The average molecular weight is 627 g/mol. The Balaban J connectivity index is 1.31. The largest absolute Gasteiger partial charge is 0.309 e. The Labute approximate surface area is 275 Å². The highest BCUT2D eigenvalue weighted by Gasteiger charge is 2.46. The van der Waals surface area contributed by atoms with Gasteiger partial charge in [0.2, 0.25) is 0 Å². The van der Waals surface area contributed by atoms with Crippen LogP contribution in [-0.4, -0.2) is 9.78 Å². The first kappa shape index (κ1) is 28.3. The lowest BCUT2D eigenvalue weighted by Gasteiger charge is -2.26. The molecule has 0 fully saturated rings. The summed E-state index contributed by atoms with van der Waals surface area (Å²) in [6.45, 7) is 9.41. The summed E-state index contributed by atoms with van der Waals surface area (Å²) in [7, 11) is -3.09. The number of benzene rings is 6. The summed E-state index contributed by atoms with van der Waals surface area (Å²) >= 11 is 0. The van der Waals surface area contributed by atoms with Crippen LogP contribution in [0.2, 0.25) is 0 Å². The zero-order valence-electron chi connectivity index (χ0n) is 27.0. The van der Waals surface area contributed by atoms with E-state index in [1.807, 2.05) is 72.8 Å². The van der Waals surface area contributed by atoms with Crippen LogP contribution in [-0.2, 0) is 15.4 Å². The molecule has 228 valence electrons. The quantitative estimate of drug-likeness (QED) is 0.183. The Bertz CT molecular complexity index is 2380. The van der Waals surface area contributed by atoms with E-state index in [4.69, 9.17) is 5.10 Å². The fraction of sp³-hybridized carbons (Fsp3) is 0.140. The molecular weight excluding hydrogens is 591 g/mol. The van der Waals surface area contributed by atoms with Gasteiger partial charge in [0.05, 0.1) is 17.4 Å². The summed E-state index contributed by atoms with van der Waals surface area (Å²) in [5.41, 5.74) is 12.4. The zero-order valence-corrected chi connectivity index (χ0v) is 27.9. The van der Waals surface area contributed by atoms with Crippen molar-refractivity contribution in [3.63, 3.8) is 0 Å². The van der Waals surface area contributed by atoms with Gasteiger partial charge in [-0.15, -0.1) is 0 Å². The van der Waals surface area contributed by atoms with Crippen LogP contribution >= 0.6 is 7.14 Å². The van der Waals surface area contributed by atoms with Gasteiger partial charge in [-0.1, -0.05) is 137 Å². The van der Waals surface area contributed by atoms with Crippen LogP contribution in [0.3, 0.4) is 0 Å². The molecule has 1 aromatic heterocycles. The number of hydrogen-bond acceptors (Lipinski definition) is 2. The molecule has 2 aliphatic rings. The molecule has 0 unspecified atom stereocenters. The topological polar surface area (TPSA) is 34.9 Å². The molecule has 0 spiro atoms. The Kier molecular flexibility index (Phi) is 5.87. The molecule has 6 aromatic carbocycles. The fourth-order valence-electron chi connectivity index (χ4n) is 8.56. The molecule has 7 aromatic rings. The van der Waals surface area contributed by atoms with Crippen molar-refractivity contribution in [2.24, 2.45) is 0 Å². The molecule has 0 saturated carbocycles. The second-order valence-electron chi connectivity index (χ2n) is 14.0. The minimum absolute atomic E-state index is 0.184. The number of aromatic nitrogens is 2. The van der Waals surface area contributed by atoms with E-state index in [1.165, 1.54) is 49.9 Å². The number of hydrogen-bond donors (Lipinski definition) is 0. The first-order chi connectivity index (χ1) is 22.7. The van der Waals surface area contributed by atoms with Gasteiger partial charge >= 0.3 is 0 Å². The summed E-state index contributed by atoms with van der Waals surface area (Å²) in [5, 5.41) is 8.81. The summed E-state index contributed by atoms with van der Waals surface area (Å²) in [4.78, 5) is 0. The predicted octanol–water partition coefficient (Wildman–Crippen LogP) is 9.28. The summed E-state index contributed by atoms with van der Waals surface area (Å²) in [6, 6.07) is 45.8. The van der Waals surface area contributed by atoms with E-state index in [9.17, 15) is 0 Å². The van der Waals surface area contributed by atoms with Gasteiger partial charge in [-0.2, -0.15) is 5.10 Å². The van der Waals surface area contributed by atoms with E-state index in [2.05, 4.69) is 99.2 Å². The molecule has 47 heavy (non-hydrogen) atoms. The first-order valence-corrected chi connectivity index (χ1v) is 18.1. The van der Waals surface area contributed by atoms with Gasteiger partial charge in [-0.3, -0.25) is 0 Å². The molecule has 9 rings (SSSR count). The highest BCUT2D eigenvalue weighted by molar-refractivity contribution is 7.85. The molecule has 0 bridgehead atoms. The molecule has 1 heterocycles. The minimum Gasteiger partial charge on any atom is -0.309 e. The second-order valence-corrected chi connectivity index (χ2v) is 16.7. The Morgan fingerprint density at radius 2 is 0.979 bits per heavy atom. The molecule has 0 radical (unpaired) electrons. The van der Waals surface area contributed by atoms with Crippen LogP contribution in [0.5, 0.6) is 0 Å². The van der Waals surface area contributed by atoms with Crippen LogP contribution in [0.25, 0.3) is 38.8 Å². The minimum atomic E-state index is -3.09. The molecule has 3 nitrogen and oxygen atoms in total. The van der Waals surface area contributed by atoms with E-state index >= 15 is 4.57 Å². The van der Waals surface area contributed by atoms with Crippen molar-refractivity contribution in [1.29, 1.82) is 0 Å². The molecule has 0 aliphatic heterocycles. The Morgan fingerprint density at radius 3 is 1.53 bits per heavy atom. The maximum atomic E-state index is 15.1. The van der Waals surface area contributed by atoms with E-state index in [1.54, 1.807) is 0 Å². The number of rotatable bonds is 4. The molecule has 0 saturated heterocycles. The van der Waals surface area contributed by atoms with Gasteiger partial charge in [-0.05, 0) is 68.8 Å². The van der Waals surface area contributed by atoms with Gasteiger partial charge in [0, 0.05) is 32.1 Å². The van der Waals surface area contributed by atoms with E-state index in [0.29, 0.717) is 0 Å². The molecular formula is C43H35N2OP. The monoisotopic (exact) mass is 626 g/mol.